The summed E-state index contributed by atoms with van der Waals surface area (Å²) in [5.41, 5.74) is 5.83. The first-order valence-corrected chi connectivity index (χ1v) is 8.12. The van der Waals surface area contributed by atoms with Crippen LogP contribution in [0, 0.1) is 5.92 Å². The largest absolute Gasteiger partial charge is 0.393 e. The maximum atomic E-state index is 12.3. The van der Waals surface area contributed by atoms with E-state index >= 15 is 0 Å². The molecule has 2 aromatic rings. The first-order valence-electron chi connectivity index (χ1n) is 8.12. The highest BCUT2D eigenvalue weighted by molar-refractivity contribution is 5.76. The van der Waals surface area contributed by atoms with Gasteiger partial charge in [-0.3, -0.25) is 19.6 Å². The molecule has 0 aromatic carbocycles. The van der Waals surface area contributed by atoms with Crippen LogP contribution in [0.1, 0.15) is 36.7 Å². The first kappa shape index (κ1) is 17.0. The Hall–Kier alpha value is -2.81. The Labute approximate surface area is 143 Å². The molecule has 0 radical (unpaired) electrons. The number of aromatic amines is 1. The predicted octanol–water partition coefficient (Wildman–Crippen LogP) is -0.297. The number of aryl methyl sites for hydroxylation is 1. The molecule has 0 aliphatic heterocycles. The van der Waals surface area contributed by atoms with E-state index in [2.05, 4.69) is 25.5 Å². The van der Waals surface area contributed by atoms with Crippen LogP contribution in [0.4, 0.5) is 5.95 Å². The monoisotopic (exact) mass is 344 g/mol. The van der Waals surface area contributed by atoms with E-state index in [1.165, 1.54) is 0 Å². The fourth-order valence-electron chi connectivity index (χ4n) is 2.91. The molecule has 1 aliphatic rings. The first-order chi connectivity index (χ1) is 12.0. The number of H-pyrrole nitrogens is 1. The van der Waals surface area contributed by atoms with Crippen molar-refractivity contribution in [2.75, 3.05) is 5.73 Å². The third-order valence-corrected chi connectivity index (χ3v) is 4.31. The summed E-state index contributed by atoms with van der Waals surface area (Å²) in [6.45, 7) is 0. The van der Waals surface area contributed by atoms with Gasteiger partial charge in [-0.15, -0.1) is 10.2 Å². The number of carbonyl (C=O) groups is 1. The van der Waals surface area contributed by atoms with Crippen molar-refractivity contribution in [3.05, 3.63) is 46.1 Å². The van der Waals surface area contributed by atoms with Gasteiger partial charge < -0.3 is 16.2 Å². The van der Waals surface area contributed by atoms with Gasteiger partial charge in [-0.05, 0) is 30.9 Å². The summed E-state index contributed by atoms with van der Waals surface area (Å²) in [6, 6.07) is 5.27. The highest BCUT2D eigenvalue weighted by Gasteiger charge is 2.36. The molecule has 1 unspecified atom stereocenters. The van der Waals surface area contributed by atoms with Crippen LogP contribution in [0.2, 0.25) is 0 Å². The normalized spacial score (nSPS) is 20.5. The van der Waals surface area contributed by atoms with Gasteiger partial charge >= 0.3 is 0 Å². The maximum Gasteiger partial charge on any atom is 0.274 e. The van der Waals surface area contributed by atoms with E-state index in [1.54, 1.807) is 6.20 Å². The standard InChI is InChI=1S/C16H20N6O3/c17-16-20-15(25)12(21-22-16)4-5-13(24)19-14(9-7-10(23)8-9)11-3-1-2-6-18-11/h1-3,6,9-10,14,23H,4-5,7-8H2,(H,19,24)(H3,17,20,22,25). The average Bonchev–Trinajstić information content (AvgIpc) is 2.57. The SMILES string of the molecule is Nc1nnc(CCC(=O)NC(c2ccccn2)C2CC(O)C2)c(=O)[nH]1. The van der Waals surface area contributed by atoms with Crippen LogP contribution in [-0.4, -0.2) is 37.3 Å². The van der Waals surface area contributed by atoms with E-state index in [-0.39, 0.29) is 48.5 Å². The number of nitrogens with zero attached hydrogens (tertiary/aromatic N) is 3. The fourth-order valence-corrected chi connectivity index (χ4v) is 2.91. The zero-order valence-corrected chi connectivity index (χ0v) is 13.6. The van der Waals surface area contributed by atoms with Crippen LogP contribution in [0.15, 0.2) is 29.2 Å². The van der Waals surface area contributed by atoms with Gasteiger partial charge in [0.15, 0.2) is 0 Å². The number of hydrogen-bond donors (Lipinski definition) is 4. The molecule has 0 bridgehead atoms. The quantitative estimate of drug-likeness (QED) is 0.562. The lowest BCUT2D eigenvalue weighted by atomic mass is 9.76. The van der Waals surface area contributed by atoms with Crippen LogP contribution < -0.4 is 16.6 Å². The molecule has 1 amide bonds. The lowest BCUT2D eigenvalue weighted by molar-refractivity contribution is -0.123. The van der Waals surface area contributed by atoms with Crippen molar-refractivity contribution in [2.24, 2.45) is 5.92 Å². The number of pyridine rings is 1. The molecule has 1 atom stereocenters. The molecule has 1 saturated carbocycles. The van der Waals surface area contributed by atoms with Gasteiger partial charge in [0.2, 0.25) is 11.9 Å². The third kappa shape index (κ3) is 4.18. The molecular weight excluding hydrogens is 324 g/mol. The Morgan fingerprint density at radius 1 is 1.40 bits per heavy atom. The molecule has 0 spiro atoms. The number of nitrogen functional groups attached to an aromatic ring is 1. The summed E-state index contributed by atoms with van der Waals surface area (Å²) in [6.07, 6.45) is 2.87. The molecule has 132 valence electrons. The van der Waals surface area contributed by atoms with Crippen molar-refractivity contribution < 1.29 is 9.90 Å². The molecule has 1 fully saturated rings. The van der Waals surface area contributed by atoms with Crippen molar-refractivity contribution in [2.45, 2.75) is 37.8 Å². The Morgan fingerprint density at radius 3 is 2.84 bits per heavy atom. The molecule has 0 saturated heterocycles. The van der Waals surface area contributed by atoms with Crippen LogP contribution in [-0.2, 0) is 11.2 Å². The molecule has 9 heteroatoms. The minimum Gasteiger partial charge on any atom is -0.393 e. The lowest BCUT2D eigenvalue weighted by Gasteiger charge is -2.37. The molecule has 5 N–H and O–H groups in total. The van der Waals surface area contributed by atoms with E-state index in [0.29, 0.717) is 12.8 Å². The van der Waals surface area contributed by atoms with Crippen LogP contribution in [0.5, 0.6) is 0 Å². The molecule has 3 rings (SSSR count). The molecule has 1 aliphatic carbocycles. The van der Waals surface area contributed by atoms with E-state index in [1.807, 2.05) is 18.2 Å². The van der Waals surface area contributed by atoms with Crippen molar-refractivity contribution in [3.63, 3.8) is 0 Å². The number of hydrogen-bond acceptors (Lipinski definition) is 7. The minimum absolute atomic E-state index is 0.0584. The third-order valence-electron chi connectivity index (χ3n) is 4.31. The van der Waals surface area contributed by atoms with Gasteiger partial charge in [0.25, 0.3) is 5.56 Å². The van der Waals surface area contributed by atoms with Gasteiger partial charge in [0.1, 0.15) is 5.69 Å². The number of anilines is 1. The highest BCUT2D eigenvalue weighted by Crippen LogP contribution is 2.37. The zero-order valence-electron chi connectivity index (χ0n) is 13.6. The zero-order chi connectivity index (χ0) is 17.8. The van der Waals surface area contributed by atoms with Gasteiger partial charge in [-0.25, -0.2) is 0 Å². The van der Waals surface area contributed by atoms with E-state index in [0.717, 1.165) is 5.69 Å². The Balaban J connectivity index is 1.63. The van der Waals surface area contributed by atoms with Crippen molar-refractivity contribution in [1.29, 1.82) is 0 Å². The molecule has 9 nitrogen and oxygen atoms in total. The summed E-state index contributed by atoms with van der Waals surface area (Å²) < 4.78 is 0. The number of amides is 1. The number of nitrogens with two attached hydrogens (primary N) is 1. The van der Waals surface area contributed by atoms with Crippen molar-refractivity contribution in [3.8, 4) is 0 Å². The number of carbonyl (C=O) groups excluding carboxylic acids is 1. The molecule has 2 aromatic heterocycles. The topological polar surface area (TPSA) is 147 Å². The van der Waals surface area contributed by atoms with E-state index in [9.17, 15) is 14.7 Å². The average molecular weight is 344 g/mol. The number of aliphatic hydroxyl groups excluding tert-OH is 1. The second-order valence-electron chi connectivity index (χ2n) is 6.17. The van der Waals surface area contributed by atoms with Crippen LogP contribution in [0.25, 0.3) is 0 Å². The smallest absolute Gasteiger partial charge is 0.274 e. The summed E-state index contributed by atoms with van der Waals surface area (Å²) in [5, 5.41) is 19.8. The molecule has 25 heavy (non-hydrogen) atoms. The van der Waals surface area contributed by atoms with E-state index < -0.39 is 5.56 Å². The second-order valence-corrected chi connectivity index (χ2v) is 6.17. The number of nitrogens with one attached hydrogen (secondary N) is 2. The Morgan fingerprint density at radius 2 is 2.20 bits per heavy atom. The Bertz CT molecular complexity index is 788. The van der Waals surface area contributed by atoms with Crippen LogP contribution >= 0.6 is 0 Å². The second kappa shape index (κ2) is 7.39. The van der Waals surface area contributed by atoms with Crippen molar-refractivity contribution in [1.82, 2.24) is 25.5 Å². The predicted molar refractivity (Wildman–Crippen MR) is 89.2 cm³/mol. The number of rotatable bonds is 6. The summed E-state index contributed by atoms with van der Waals surface area (Å²) in [7, 11) is 0. The van der Waals surface area contributed by atoms with Gasteiger partial charge in [0.05, 0.1) is 17.8 Å². The summed E-state index contributed by atoms with van der Waals surface area (Å²) in [5.74, 6) is -0.124. The number of aromatic nitrogens is 4. The lowest BCUT2D eigenvalue weighted by Crippen LogP contribution is -2.42. The molecule has 2 heterocycles. The van der Waals surface area contributed by atoms with Gasteiger partial charge in [-0.2, -0.15) is 0 Å². The maximum absolute atomic E-state index is 12.3. The summed E-state index contributed by atoms with van der Waals surface area (Å²) in [4.78, 5) is 30.7. The molecular formula is C16H20N6O3. The van der Waals surface area contributed by atoms with Crippen LogP contribution in [0.3, 0.4) is 0 Å². The van der Waals surface area contributed by atoms with E-state index in [4.69, 9.17) is 5.73 Å². The Kier molecular flexibility index (Phi) is 5.03. The minimum atomic E-state index is -0.441. The van der Waals surface area contributed by atoms with Gasteiger partial charge in [-0.1, -0.05) is 6.07 Å². The van der Waals surface area contributed by atoms with Crippen molar-refractivity contribution >= 4 is 11.9 Å². The summed E-state index contributed by atoms with van der Waals surface area (Å²) >= 11 is 0. The highest BCUT2D eigenvalue weighted by atomic mass is 16.3. The van der Waals surface area contributed by atoms with Gasteiger partial charge in [0, 0.05) is 19.0 Å². The number of aliphatic hydroxyl groups is 1. The fraction of sp³-hybridized carbons (Fsp3) is 0.438.